The number of nitrogens with one attached hydrogen (secondary N) is 1. The van der Waals surface area contributed by atoms with Gasteiger partial charge in [-0.05, 0) is 37.2 Å². The molecule has 0 aliphatic carbocycles. The number of hydrogen-bond donors (Lipinski definition) is 1. The van der Waals surface area contributed by atoms with E-state index >= 15 is 0 Å². The molecule has 0 amide bonds. The van der Waals surface area contributed by atoms with E-state index in [1.165, 1.54) is 0 Å². The molecule has 23 heavy (non-hydrogen) atoms. The molecule has 130 valence electrons. The van der Waals surface area contributed by atoms with Crippen molar-refractivity contribution in [1.82, 2.24) is 4.72 Å². The third-order valence-corrected chi connectivity index (χ3v) is 10.4. The molecule has 1 aromatic rings. The van der Waals surface area contributed by atoms with Crippen molar-refractivity contribution in [3.63, 3.8) is 0 Å². The van der Waals surface area contributed by atoms with Crippen LogP contribution in [-0.2, 0) is 14.4 Å². The van der Waals surface area contributed by atoms with Crippen molar-refractivity contribution in [2.45, 2.75) is 56.8 Å². The van der Waals surface area contributed by atoms with Crippen molar-refractivity contribution in [2.75, 3.05) is 6.61 Å². The zero-order valence-corrected chi connectivity index (χ0v) is 16.8. The second kappa shape index (κ2) is 7.30. The van der Waals surface area contributed by atoms with E-state index in [4.69, 9.17) is 4.43 Å². The second-order valence-electron chi connectivity index (χ2n) is 7.35. The first-order valence-corrected chi connectivity index (χ1v) is 12.1. The van der Waals surface area contributed by atoms with Gasteiger partial charge in [0.05, 0.1) is 17.5 Å². The quantitative estimate of drug-likeness (QED) is 0.597. The molecule has 0 spiro atoms. The summed E-state index contributed by atoms with van der Waals surface area (Å²) in [6, 6.07) is 6.32. The molecule has 0 saturated heterocycles. The van der Waals surface area contributed by atoms with Crippen LogP contribution in [0.25, 0.3) is 0 Å². The van der Waals surface area contributed by atoms with Crippen molar-refractivity contribution in [1.29, 1.82) is 0 Å². The maximum absolute atomic E-state index is 12.4. The predicted molar refractivity (Wildman–Crippen MR) is 98.6 cm³/mol. The summed E-state index contributed by atoms with van der Waals surface area (Å²) in [6.45, 7) is 16.7. The first-order chi connectivity index (χ1) is 10.4. The molecule has 1 aromatic carbocycles. The molecule has 1 rings (SSSR count). The zero-order chi connectivity index (χ0) is 17.9. The molecule has 6 heteroatoms. The Kier molecular flexibility index (Phi) is 6.37. The average Bonchev–Trinajstić information content (AvgIpc) is 2.42. The Morgan fingerprint density at radius 3 is 2.22 bits per heavy atom. The molecule has 1 N–H and O–H groups in total. The van der Waals surface area contributed by atoms with Crippen molar-refractivity contribution in [3.05, 3.63) is 42.5 Å². The van der Waals surface area contributed by atoms with E-state index < -0.39 is 24.4 Å². The summed E-state index contributed by atoms with van der Waals surface area (Å²) in [4.78, 5) is 0.252. The molecule has 0 saturated carbocycles. The molecule has 0 aliphatic rings. The zero-order valence-electron chi connectivity index (χ0n) is 15.0. The highest BCUT2D eigenvalue weighted by Gasteiger charge is 2.37. The third-order valence-electron chi connectivity index (χ3n) is 4.35. The Balaban J connectivity index is 2.80. The van der Waals surface area contributed by atoms with Gasteiger partial charge in [0.25, 0.3) is 0 Å². The number of sulfonamides is 1. The summed E-state index contributed by atoms with van der Waals surface area (Å²) in [7, 11) is -5.51. The second-order valence-corrected chi connectivity index (χ2v) is 13.9. The van der Waals surface area contributed by atoms with Crippen LogP contribution < -0.4 is 4.72 Å². The SMILES string of the molecule is C=CC(CO[Si](C)(C)C(C)(C)C)NS(=O)(=O)c1ccc(C)cc1. The van der Waals surface area contributed by atoms with Gasteiger partial charge in [-0.1, -0.05) is 44.5 Å². The summed E-state index contributed by atoms with van der Waals surface area (Å²) < 4.78 is 33.6. The van der Waals surface area contributed by atoms with Crippen LogP contribution in [0, 0.1) is 6.92 Å². The minimum Gasteiger partial charge on any atom is -0.415 e. The standard InChI is InChI=1S/C17H29NO3SSi/c1-8-15(13-21-23(6,7)17(3,4)5)18-22(19,20)16-11-9-14(2)10-12-16/h8-12,15,18H,1,13H2,2-7H3. The van der Waals surface area contributed by atoms with E-state index in [-0.39, 0.29) is 9.93 Å². The first-order valence-electron chi connectivity index (χ1n) is 7.74. The molecule has 1 atom stereocenters. The van der Waals surface area contributed by atoms with Crippen LogP contribution in [0.5, 0.6) is 0 Å². The summed E-state index contributed by atoms with van der Waals surface area (Å²) in [5.74, 6) is 0. The molecular formula is C17H29NO3SSi. The Labute approximate surface area is 142 Å². The fourth-order valence-electron chi connectivity index (χ4n) is 1.65. The summed E-state index contributed by atoms with van der Waals surface area (Å²) in [6.07, 6.45) is 1.58. The van der Waals surface area contributed by atoms with Crippen molar-refractivity contribution >= 4 is 18.3 Å². The Hall–Kier alpha value is -0.953. The van der Waals surface area contributed by atoms with Gasteiger partial charge < -0.3 is 4.43 Å². The van der Waals surface area contributed by atoms with Gasteiger partial charge in [-0.3, -0.25) is 0 Å². The van der Waals surface area contributed by atoms with Gasteiger partial charge in [-0.25, -0.2) is 13.1 Å². The number of benzene rings is 1. The molecule has 0 fully saturated rings. The highest BCUT2D eigenvalue weighted by Crippen LogP contribution is 2.36. The van der Waals surface area contributed by atoms with Crippen LogP contribution in [0.2, 0.25) is 18.1 Å². The molecule has 0 aliphatic heterocycles. The van der Waals surface area contributed by atoms with E-state index in [2.05, 4.69) is 45.2 Å². The van der Waals surface area contributed by atoms with Gasteiger partial charge in [0.2, 0.25) is 10.0 Å². The van der Waals surface area contributed by atoms with Crippen LogP contribution >= 0.6 is 0 Å². The Bertz CT molecular complexity index is 631. The van der Waals surface area contributed by atoms with Crippen LogP contribution in [-0.4, -0.2) is 29.4 Å². The molecular weight excluding hydrogens is 326 g/mol. The van der Waals surface area contributed by atoms with Crippen LogP contribution in [0.15, 0.2) is 41.8 Å². The van der Waals surface area contributed by atoms with Gasteiger partial charge in [-0.15, -0.1) is 6.58 Å². The smallest absolute Gasteiger partial charge is 0.241 e. The molecule has 0 aromatic heterocycles. The maximum Gasteiger partial charge on any atom is 0.241 e. The fraction of sp³-hybridized carbons (Fsp3) is 0.529. The van der Waals surface area contributed by atoms with Crippen molar-refractivity contribution in [2.24, 2.45) is 0 Å². The number of aryl methyl sites for hydroxylation is 1. The van der Waals surface area contributed by atoms with Gasteiger partial charge in [-0.2, -0.15) is 0 Å². The highest BCUT2D eigenvalue weighted by molar-refractivity contribution is 7.89. The first kappa shape index (κ1) is 20.1. The van der Waals surface area contributed by atoms with Gasteiger partial charge >= 0.3 is 0 Å². The molecule has 0 radical (unpaired) electrons. The third kappa shape index (κ3) is 5.56. The van der Waals surface area contributed by atoms with Gasteiger partial charge in [0, 0.05) is 0 Å². The highest BCUT2D eigenvalue weighted by atomic mass is 32.2. The van der Waals surface area contributed by atoms with Crippen LogP contribution in [0.1, 0.15) is 26.3 Å². The van der Waals surface area contributed by atoms with E-state index in [9.17, 15) is 8.42 Å². The van der Waals surface area contributed by atoms with Gasteiger partial charge in [0.15, 0.2) is 8.32 Å². The lowest BCUT2D eigenvalue weighted by Crippen LogP contribution is -2.45. The van der Waals surface area contributed by atoms with E-state index in [0.29, 0.717) is 6.61 Å². The van der Waals surface area contributed by atoms with E-state index in [0.717, 1.165) is 5.56 Å². The van der Waals surface area contributed by atoms with E-state index in [1.54, 1.807) is 30.3 Å². The van der Waals surface area contributed by atoms with E-state index in [1.807, 2.05) is 6.92 Å². The molecule has 1 unspecified atom stereocenters. The van der Waals surface area contributed by atoms with Crippen molar-refractivity contribution in [3.8, 4) is 0 Å². The van der Waals surface area contributed by atoms with Crippen LogP contribution in [0.3, 0.4) is 0 Å². The summed E-state index contributed by atoms with van der Waals surface area (Å²) >= 11 is 0. The summed E-state index contributed by atoms with van der Waals surface area (Å²) in [5.41, 5.74) is 1.02. The largest absolute Gasteiger partial charge is 0.415 e. The minimum absolute atomic E-state index is 0.0779. The molecule has 0 heterocycles. The van der Waals surface area contributed by atoms with Crippen LogP contribution in [0.4, 0.5) is 0 Å². The molecule has 4 nitrogen and oxygen atoms in total. The molecule has 0 bridgehead atoms. The average molecular weight is 356 g/mol. The lowest BCUT2D eigenvalue weighted by Gasteiger charge is -2.37. The number of rotatable bonds is 7. The normalized spacial score (nSPS) is 14.5. The Morgan fingerprint density at radius 2 is 1.78 bits per heavy atom. The lowest BCUT2D eigenvalue weighted by atomic mass is 10.2. The fourth-order valence-corrected chi connectivity index (χ4v) is 3.87. The van der Waals surface area contributed by atoms with Gasteiger partial charge in [0.1, 0.15) is 0 Å². The topological polar surface area (TPSA) is 55.4 Å². The lowest BCUT2D eigenvalue weighted by molar-refractivity contribution is 0.272. The monoisotopic (exact) mass is 355 g/mol. The van der Waals surface area contributed by atoms with Crippen molar-refractivity contribution < 1.29 is 12.8 Å². The Morgan fingerprint density at radius 1 is 1.26 bits per heavy atom. The maximum atomic E-state index is 12.4. The summed E-state index contributed by atoms with van der Waals surface area (Å²) in [5, 5.41) is 0.0779. The predicted octanol–water partition coefficient (Wildman–Crippen LogP) is 3.85. The number of hydrogen-bond acceptors (Lipinski definition) is 3. The minimum atomic E-state index is -3.58.